The summed E-state index contributed by atoms with van der Waals surface area (Å²) < 4.78 is 33.4. The Labute approximate surface area is 290 Å². The molecule has 10 heteroatoms. The molecular weight excluding hydrogens is 626 g/mol. The summed E-state index contributed by atoms with van der Waals surface area (Å²) in [6.45, 7) is 22.7. The summed E-state index contributed by atoms with van der Waals surface area (Å²) in [6, 6.07) is 0. The molecule has 0 rings (SSSR count). The molecule has 0 amide bonds. The lowest BCUT2D eigenvalue weighted by Crippen LogP contribution is -3.00. The molecule has 0 aliphatic carbocycles. The fourth-order valence-corrected chi connectivity index (χ4v) is 7.82. The summed E-state index contributed by atoms with van der Waals surface area (Å²) >= 11 is 0. The van der Waals surface area contributed by atoms with Crippen LogP contribution >= 0.6 is 0 Å². The molecule has 0 aliphatic rings. The van der Waals surface area contributed by atoms with Gasteiger partial charge in [0.25, 0.3) is 10.1 Å². The quantitative estimate of drug-likeness (QED) is 0.0619. The van der Waals surface area contributed by atoms with Crippen molar-refractivity contribution in [1.29, 1.82) is 0 Å². The van der Waals surface area contributed by atoms with Crippen molar-refractivity contribution in [2.75, 3.05) is 26.2 Å². The van der Waals surface area contributed by atoms with E-state index < -0.39 is 39.1 Å². The maximum atomic E-state index is 12.4. The molecule has 0 radical (unpaired) electrons. The first-order chi connectivity index (χ1) is 21.3. The number of carbonyl (C=O) groups is 2. The van der Waals surface area contributed by atoms with Crippen molar-refractivity contribution < 1.29 is 49.7 Å². The molecule has 0 aliphatic heterocycles. The molecule has 8 nitrogen and oxygen atoms in total. The van der Waals surface area contributed by atoms with Crippen LogP contribution in [0.2, 0.25) is 0 Å². The number of hydrogen-bond donors (Lipinski definition) is 3. The number of rotatable bonds is 28. The smallest absolute Gasteiger partial charge is 0.328 e. The van der Waals surface area contributed by atoms with E-state index in [-0.39, 0.29) is 30.7 Å². The third-order valence-corrected chi connectivity index (χ3v) is 11.4. The van der Waals surface area contributed by atoms with Crippen molar-refractivity contribution in [2.24, 2.45) is 17.8 Å². The van der Waals surface area contributed by atoms with Crippen molar-refractivity contribution in [3.05, 3.63) is 0 Å². The number of halogens is 1. The van der Waals surface area contributed by atoms with Gasteiger partial charge in [-0.2, -0.15) is 8.42 Å². The predicted molar refractivity (Wildman–Crippen MR) is 188 cm³/mol. The number of quaternary nitrogens is 1. The van der Waals surface area contributed by atoms with Crippen LogP contribution < -0.4 is 12.4 Å². The number of carboxylic acids is 2. The van der Waals surface area contributed by atoms with E-state index in [2.05, 4.69) is 27.7 Å². The van der Waals surface area contributed by atoms with Crippen LogP contribution in [0.25, 0.3) is 0 Å². The van der Waals surface area contributed by atoms with Gasteiger partial charge in [0.1, 0.15) is 0 Å². The van der Waals surface area contributed by atoms with E-state index in [1.807, 2.05) is 27.7 Å². The van der Waals surface area contributed by atoms with Crippen LogP contribution in [-0.4, -0.2) is 70.5 Å². The minimum atomic E-state index is -5.15. The SMILES string of the molecule is CCCCC(CC)CC(C(=O)O)C(CC(CC)CCCC)(C(=O)O)S(=O)(=O)O.CCCC[N+](CCCC)(CCCC)CCCC.[Cl-]. The standard InChI is InChI=1S/C20H38O7S.C16H36N.ClH/c1-5-9-11-15(7-3)13-17(18(21)22)20(19(23)24,28(25,26)27)14-16(8-4)12-10-6-2;1-5-9-13-17(14-10-6-2,15-11-7-3)16-12-8-4;/h15-17H,5-14H2,1-4H3,(H,21,22)(H,23,24)(H,25,26,27);5-16H2,1-4H3;1H/q;+1;/p-1. The van der Waals surface area contributed by atoms with Gasteiger partial charge in [-0.3, -0.25) is 14.1 Å². The number of nitrogens with zero attached hydrogens (tertiary/aromatic N) is 1. The molecular formula is C36H74ClNO7S. The lowest BCUT2D eigenvalue weighted by Gasteiger charge is -2.39. The fraction of sp³-hybridized carbons (Fsp3) is 0.944. The third-order valence-electron chi connectivity index (χ3n) is 9.87. The fourth-order valence-electron chi connectivity index (χ4n) is 6.60. The minimum Gasteiger partial charge on any atom is -1.00 e. The van der Waals surface area contributed by atoms with Gasteiger partial charge in [-0.05, 0) is 50.4 Å². The lowest BCUT2D eigenvalue weighted by atomic mass is 9.76. The van der Waals surface area contributed by atoms with Crippen LogP contribution in [0.3, 0.4) is 0 Å². The van der Waals surface area contributed by atoms with Crippen molar-refractivity contribution in [2.45, 2.75) is 176 Å². The first-order valence-corrected chi connectivity index (χ1v) is 20.0. The van der Waals surface area contributed by atoms with E-state index in [1.165, 1.54) is 82.0 Å². The topological polar surface area (TPSA) is 129 Å². The molecule has 0 heterocycles. The van der Waals surface area contributed by atoms with E-state index in [9.17, 15) is 32.8 Å². The van der Waals surface area contributed by atoms with Gasteiger partial charge in [-0.1, -0.05) is 132 Å². The molecule has 0 aromatic carbocycles. The Morgan fingerprint density at radius 2 is 0.978 bits per heavy atom. The van der Waals surface area contributed by atoms with Gasteiger partial charge in [-0.15, -0.1) is 0 Å². The second kappa shape index (κ2) is 28.0. The highest BCUT2D eigenvalue weighted by molar-refractivity contribution is 7.88. The first-order valence-electron chi connectivity index (χ1n) is 18.5. The molecule has 278 valence electrons. The molecule has 0 aromatic rings. The van der Waals surface area contributed by atoms with Crippen LogP contribution in [0.4, 0.5) is 0 Å². The highest BCUT2D eigenvalue weighted by atomic mass is 35.5. The zero-order valence-corrected chi connectivity index (χ0v) is 32.6. The summed E-state index contributed by atoms with van der Waals surface area (Å²) in [6.07, 6.45) is 16.4. The second-order valence-corrected chi connectivity index (χ2v) is 15.2. The molecule has 0 saturated heterocycles. The van der Waals surface area contributed by atoms with Crippen LogP contribution in [0.1, 0.15) is 171 Å². The molecule has 4 atom stereocenters. The Hall–Kier alpha value is -0.900. The van der Waals surface area contributed by atoms with Gasteiger partial charge in [0.2, 0.25) is 4.75 Å². The molecule has 0 aromatic heterocycles. The summed E-state index contributed by atoms with van der Waals surface area (Å²) in [5.74, 6) is -5.37. The largest absolute Gasteiger partial charge is 1.00 e. The molecule has 0 spiro atoms. The van der Waals surface area contributed by atoms with Crippen molar-refractivity contribution >= 4 is 22.1 Å². The Morgan fingerprint density at radius 1 is 0.630 bits per heavy atom. The van der Waals surface area contributed by atoms with Gasteiger partial charge >= 0.3 is 11.9 Å². The predicted octanol–water partition coefficient (Wildman–Crippen LogP) is 6.62. The van der Waals surface area contributed by atoms with Crippen LogP contribution in [0, 0.1) is 17.8 Å². The molecule has 4 unspecified atom stereocenters. The van der Waals surface area contributed by atoms with Gasteiger partial charge in [0.15, 0.2) is 0 Å². The average molecular weight is 701 g/mol. The number of aliphatic carboxylic acids is 2. The van der Waals surface area contributed by atoms with E-state index >= 15 is 0 Å². The van der Waals surface area contributed by atoms with E-state index in [4.69, 9.17) is 0 Å². The average Bonchev–Trinajstić information content (AvgIpc) is 3.00. The Bertz CT molecular complexity index is 833. The highest BCUT2D eigenvalue weighted by Crippen LogP contribution is 2.41. The highest BCUT2D eigenvalue weighted by Gasteiger charge is 2.60. The van der Waals surface area contributed by atoms with Gasteiger partial charge in [0, 0.05) is 0 Å². The third kappa shape index (κ3) is 18.0. The Morgan fingerprint density at radius 3 is 1.24 bits per heavy atom. The van der Waals surface area contributed by atoms with Crippen LogP contribution in [0.5, 0.6) is 0 Å². The van der Waals surface area contributed by atoms with E-state index in [1.54, 1.807) is 0 Å². The number of unbranched alkanes of at least 4 members (excludes halogenated alkanes) is 6. The maximum Gasteiger partial charge on any atom is 0.328 e. The van der Waals surface area contributed by atoms with Crippen molar-refractivity contribution in [3.63, 3.8) is 0 Å². The van der Waals surface area contributed by atoms with Gasteiger partial charge in [0.05, 0.1) is 32.1 Å². The van der Waals surface area contributed by atoms with Gasteiger partial charge in [-0.25, -0.2) is 0 Å². The van der Waals surface area contributed by atoms with Crippen LogP contribution in [0.15, 0.2) is 0 Å². The zero-order valence-electron chi connectivity index (χ0n) is 31.0. The number of carboxylic acid groups (broad SMARTS) is 2. The molecule has 0 bridgehead atoms. The summed E-state index contributed by atoms with van der Waals surface area (Å²) in [5, 5.41) is 19.7. The van der Waals surface area contributed by atoms with Gasteiger partial charge < -0.3 is 27.1 Å². The lowest BCUT2D eigenvalue weighted by molar-refractivity contribution is -0.929. The van der Waals surface area contributed by atoms with Crippen molar-refractivity contribution in [3.8, 4) is 0 Å². The normalized spacial score (nSPS) is 15.1. The molecule has 0 saturated carbocycles. The summed E-state index contributed by atoms with van der Waals surface area (Å²) in [5.41, 5.74) is 0. The second-order valence-electron chi connectivity index (χ2n) is 13.5. The van der Waals surface area contributed by atoms with E-state index in [0.717, 1.165) is 25.7 Å². The Kier molecular flexibility index (Phi) is 30.1. The zero-order chi connectivity index (χ0) is 34.9. The monoisotopic (exact) mass is 699 g/mol. The van der Waals surface area contributed by atoms with E-state index in [0.29, 0.717) is 25.7 Å². The number of hydrogen-bond acceptors (Lipinski definition) is 4. The maximum absolute atomic E-state index is 12.4. The molecule has 46 heavy (non-hydrogen) atoms. The molecule has 0 fully saturated rings. The van der Waals surface area contributed by atoms with Crippen molar-refractivity contribution in [1.82, 2.24) is 0 Å². The Balaban J connectivity index is -0.000000882. The first kappa shape index (κ1) is 49.5. The van der Waals surface area contributed by atoms with Crippen LogP contribution in [-0.2, 0) is 19.7 Å². The summed E-state index contributed by atoms with van der Waals surface area (Å²) in [7, 11) is -5.15. The minimum absolute atomic E-state index is 0. The summed E-state index contributed by atoms with van der Waals surface area (Å²) in [4.78, 5) is 24.3. The molecule has 3 N–H and O–H groups in total.